The zero-order chi connectivity index (χ0) is 13.6. The molecule has 4 nitrogen and oxygen atoms in total. The molecule has 2 fully saturated rings. The van der Waals surface area contributed by atoms with Crippen LogP contribution in [0.1, 0.15) is 37.1 Å². The molecule has 0 radical (unpaired) electrons. The molecule has 5 heteroatoms. The normalized spacial score (nSPS) is 31.7. The van der Waals surface area contributed by atoms with Gasteiger partial charge in [0.05, 0.1) is 21.5 Å². The fourth-order valence-corrected chi connectivity index (χ4v) is 4.22. The Bertz CT molecular complexity index is 487. The van der Waals surface area contributed by atoms with Crippen LogP contribution in [0.5, 0.6) is 0 Å². The zero-order valence-electron chi connectivity index (χ0n) is 11.7. The molecule has 2 aliphatic heterocycles. The molecule has 2 saturated heterocycles. The average molecular weight is 328 g/mol. The number of hydrogen-bond donors (Lipinski definition) is 1. The zero-order valence-corrected chi connectivity index (χ0v) is 13.3. The molecule has 3 rings (SSSR count). The standard InChI is InChI=1S/C14H22BrN3O/c1-10-13(15)11(17(2)16-10)9-14(19)6-8-18-7-4-3-5-12(14)18/h12,19H,3-9H2,1-2H3. The van der Waals surface area contributed by atoms with E-state index in [1.807, 2.05) is 18.7 Å². The van der Waals surface area contributed by atoms with Crippen molar-refractivity contribution in [3.63, 3.8) is 0 Å². The molecule has 0 bridgehead atoms. The molecule has 1 aromatic heterocycles. The van der Waals surface area contributed by atoms with Crippen molar-refractivity contribution in [1.29, 1.82) is 0 Å². The molecule has 2 atom stereocenters. The van der Waals surface area contributed by atoms with Gasteiger partial charge in [-0.05, 0) is 48.7 Å². The molecule has 3 heterocycles. The summed E-state index contributed by atoms with van der Waals surface area (Å²) >= 11 is 3.61. The highest BCUT2D eigenvalue weighted by Crippen LogP contribution is 2.38. The minimum atomic E-state index is -0.580. The lowest BCUT2D eigenvalue weighted by Crippen LogP contribution is -2.48. The van der Waals surface area contributed by atoms with Crippen molar-refractivity contribution < 1.29 is 5.11 Å². The minimum Gasteiger partial charge on any atom is -0.388 e. The SMILES string of the molecule is Cc1nn(C)c(CC2(O)CCN3CCCCC32)c1Br. The Labute approximate surface area is 122 Å². The number of hydrogen-bond acceptors (Lipinski definition) is 3. The number of piperidine rings is 1. The average Bonchev–Trinajstić information content (AvgIpc) is 2.84. The number of aromatic nitrogens is 2. The smallest absolute Gasteiger partial charge is 0.0869 e. The number of halogens is 1. The monoisotopic (exact) mass is 327 g/mol. The number of aryl methyl sites for hydroxylation is 2. The van der Waals surface area contributed by atoms with Crippen LogP contribution in [0.4, 0.5) is 0 Å². The van der Waals surface area contributed by atoms with Crippen molar-refractivity contribution in [2.75, 3.05) is 13.1 Å². The Morgan fingerprint density at radius 2 is 2.21 bits per heavy atom. The summed E-state index contributed by atoms with van der Waals surface area (Å²) in [6.07, 6.45) is 5.24. The second-order valence-corrected chi connectivity index (χ2v) is 6.84. The Morgan fingerprint density at radius 3 is 2.89 bits per heavy atom. The van der Waals surface area contributed by atoms with Crippen molar-refractivity contribution in [2.45, 2.75) is 50.7 Å². The van der Waals surface area contributed by atoms with Crippen molar-refractivity contribution >= 4 is 15.9 Å². The van der Waals surface area contributed by atoms with Gasteiger partial charge >= 0.3 is 0 Å². The van der Waals surface area contributed by atoms with Gasteiger partial charge in [-0.2, -0.15) is 5.10 Å². The van der Waals surface area contributed by atoms with E-state index in [4.69, 9.17) is 0 Å². The third-order valence-electron chi connectivity index (χ3n) is 4.80. The second-order valence-electron chi connectivity index (χ2n) is 6.05. The molecule has 19 heavy (non-hydrogen) atoms. The van der Waals surface area contributed by atoms with Crippen LogP contribution < -0.4 is 0 Å². The van der Waals surface area contributed by atoms with Crippen LogP contribution in [0.2, 0.25) is 0 Å². The topological polar surface area (TPSA) is 41.3 Å². The predicted molar refractivity (Wildman–Crippen MR) is 78.1 cm³/mol. The van der Waals surface area contributed by atoms with Crippen LogP contribution in [0.15, 0.2) is 4.47 Å². The molecule has 0 amide bonds. The van der Waals surface area contributed by atoms with E-state index in [-0.39, 0.29) is 0 Å². The number of aliphatic hydroxyl groups is 1. The number of nitrogens with zero attached hydrogens (tertiary/aromatic N) is 3. The van der Waals surface area contributed by atoms with Gasteiger partial charge in [-0.25, -0.2) is 0 Å². The van der Waals surface area contributed by atoms with Crippen LogP contribution in [0.3, 0.4) is 0 Å². The summed E-state index contributed by atoms with van der Waals surface area (Å²) in [5.41, 5.74) is 1.54. The highest BCUT2D eigenvalue weighted by atomic mass is 79.9. The van der Waals surface area contributed by atoms with E-state index in [9.17, 15) is 5.11 Å². The third-order valence-corrected chi connectivity index (χ3v) is 5.83. The Kier molecular flexibility index (Phi) is 3.48. The molecule has 0 aliphatic carbocycles. The van der Waals surface area contributed by atoms with Gasteiger partial charge in [0.25, 0.3) is 0 Å². The van der Waals surface area contributed by atoms with E-state index in [2.05, 4.69) is 25.9 Å². The molecule has 2 aliphatic rings. The highest BCUT2D eigenvalue weighted by Gasteiger charge is 2.47. The van der Waals surface area contributed by atoms with Crippen LogP contribution in [-0.4, -0.2) is 44.5 Å². The summed E-state index contributed by atoms with van der Waals surface area (Å²) < 4.78 is 2.96. The summed E-state index contributed by atoms with van der Waals surface area (Å²) in [6, 6.07) is 0.336. The summed E-state index contributed by atoms with van der Waals surface area (Å²) in [4.78, 5) is 2.47. The first kappa shape index (κ1) is 13.6. The summed E-state index contributed by atoms with van der Waals surface area (Å²) in [6.45, 7) is 4.19. The molecule has 106 valence electrons. The van der Waals surface area contributed by atoms with Gasteiger partial charge in [0, 0.05) is 26.1 Å². The molecule has 1 N–H and O–H groups in total. The molecular weight excluding hydrogens is 306 g/mol. The van der Waals surface area contributed by atoms with E-state index in [1.54, 1.807) is 0 Å². The summed E-state index contributed by atoms with van der Waals surface area (Å²) in [7, 11) is 1.96. The Balaban J connectivity index is 1.85. The number of fused-ring (bicyclic) bond motifs is 1. The highest BCUT2D eigenvalue weighted by molar-refractivity contribution is 9.10. The lowest BCUT2D eigenvalue weighted by Gasteiger charge is -2.37. The third kappa shape index (κ3) is 2.26. The van der Waals surface area contributed by atoms with Gasteiger partial charge in [-0.1, -0.05) is 6.42 Å². The molecule has 0 aromatic carbocycles. The fourth-order valence-electron chi connectivity index (χ4n) is 3.74. The van der Waals surface area contributed by atoms with Gasteiger partial charge < -0.3 is 5.11 Å². The first-order chi connectivity index (χ1) is 9.01. The lowest BCUT2D eigenvalue weighted by molar-refractivity contribution is -0.0103. The van der Waals surface area contributed by atoms with Gasteiger partial charge in [0.1, 0.15) is 0 Å². The Hall–Kier alpha value is -0.390. The molecule has 2 unspecified atom stereocenters. The molecule has 0 spiro atoms. The Morgan fingerprint density at radius 1 is 1.42 bits per heavy atom. The first-order valence-electron chi connectivity index (χ1n) is 7.16. The van der Waals surface area contributed by atoms with Gasteiger partial charge in [0.15, 0.2) is 0 Å². The van der Waals surface area contributed by atoms with Crippen LogP contribution >= 0.6 is 15.9 Å². The second kappa shape index (κ2) is 4.86. The van der Waals surface area contributed by atoms with E-state index in [0.717, 1.165) is 41.8 Å². The van der Waals surface area contributed by atoms with Crippen LogP contribution in [-0.2, 0) is 13.5 Å². The summed E-state index contributed by atoms with van der Waals surface area (Å²) in [5, 5.41) is 15.5. The maximum atomic E-state index is 11.1. The van der Waals surface area contributed by atoms with Gasteiger partial charge in [0.2, 0.25) is 0 Å². The van der Waals surface area contributed by atoms with E-state index in [1.165, 1.54) is 12.8 Å². The molecule has 1 aromatic rings. The lowest BCUT2D eigenvalue weighted by atomic mass is 9.85. The van der Waals surface area contributed by atoms with Crippen LogP contribution in [0, 0.1) is 6.92 Å². The van der Waals surface area contributed by atoms with E-state index >= 15 is 0 Å². The van der Waals surface area contributed by atoms with Crippen LogP contribution in [0.25, 0.3) is 0 Å². The van der Waals surface area contributed by atoms with E-state index < -0.39 is 5.60 Å². The van der Waals surface area contributed by atoms with Gasteiger partial charge in [-0.15, -0.1) is 0 Å². The largest absolute Gasteiger partial charge is 0.388 e. The number of rotatable bonds is 2. The maximum Gasteiger partial charge on any atom is 0.0869 e. The fraction of sp³-hybridized carbons (Fsp3) is 0.786. The van der Waals surface area contributed by atoms with E-state index in [0.29, 0.717) is 12.5 Å². The quantitative estimate of drug-likeness (QED) is 0.903. The minimum absolute atomic E-state index is 0.336. The van der Waals surface area contributed by atoms with Crippen molar-refractivity contribution in [3.05, 3.63) is 15.9 Å². The molecule has 0 saturated carbocycles. The van der Waals surface area contributed by atoms with Crippen molar-refractivity contribution in [1.82, 2.24) is 14.7 Å². The predicted octanol–water partition coefficient (Wildman–Crippen LogP) is 2.02. The summed E-state index contributed by atoms with van der Waals surface area (Å²) in [5.74, 6) is 0. The van der Waals surface area contributed by atoms with Crippen molar-refractivity contribution in [3.8, 4) is 0 Å². The van der Waals surface area contributed by atoms with Crippen molar-refractivity contribution in [2.24, 2.45) is 7.05 Å². The molecular formula is C14H22BrN3O. The maximum absolute atomic E-state index is 11.1. The van der Waals surface area contributed by atoms with Gasteiger partial charge in [-0.3, -0.25) is 9.58 Å². The first-order valence-corrected chi connectivity index (χ1v) is 7.95.